The number of hydrogen-bond acceptors (Lipinski definition) is 3. The van der Waals surface area contributed by atoms with Crippen LogP contribution in [-0.2, 0) is 6.42 Å². The molecule has 0 atom stereocenters. The molecule has 2 rings (SSSR count). The summed E-state index contributed by atoms with van der Waals surface area (Å²) >= 11 is 0. The fourth-order valence-corrected chi connectivity index (χ4v) is 1.85. The lowest BCUT2D eigenvalue weighted by Crippen LogP contribution is -2.08. The Morgan fingerprint density at radius 1 is 1.44 bits per heavy atom. The maximum atomic E-state index is 11.1. The fraction of sp³-hybridized carbons (Fsp3) is 0.364. The molecule has 0 radical (unpaired) electrons. The van der Waals surface area contributed by atoms with Gasteiger partial charge in [0.1, 0.15) is 11.5 Å². The normalized spacial score (nSPS) is 10.9. The molecule has 0 bridgehead atoms. The first-order valence-corrected chi connectivity index (χ1v) is 5.13. The SMILES string of the molecule is CCc1cc2nc(C)c(C(=O)O)n2c(C)n1. The molecule has 84 valence electrons. The third-order valence-electron chi connectivity index (χ3n) is 2.57. The summed E-state index contributed by atoms with van der Waals surface area (Å²) < 4.78 is 1.58. The molecular formula is C11H13N3O2. The van der Waals surface area contributed by atoms with Gasteiger partial charge in [0.05, 0.1) is 5.69 Å². The van der Waals surface area contributed by atoms with E-state index in [2.05, 4.69) is 9.97 Å². The number of nitrogens with zero attached hydrogens (tertiary/aromatic N) is 3. The monoisotopic (exact) mass is 219 g/mol. The van der Waals surface area contributed by atoms with Crippen molar-refractivity contribution in [2.24, 2.45) is 0 Å². The molecule has 0 spiro atoms. The van der Waals surface area contributed by atoms with Crippen LogP contribution in [0.4, 0.5) is 0 Å². The van der Waals surface area contributed by atoms with E-state index in [1.165, 1.54) is 0 Å². The van der Waals surface area contributed by atoms with Gasteiger partial charge in [-0.15, -0.1) is 0 Å². The van der Waals surface area contributed by atoms with E-state index in [9.17, 15) is 4.79 Å². The molecule has 0 aromatic carbocycles. The number of carboxylic acids is 1. The zero-order valence-electron chi connectivity index (χ0n) is 9.48. The van der Waals surface area contributed by atoms with Crippen LogP contribution in [0.15, 0.2) is 6.07 Å². The zero-order chi connectivity index (χ0) is 11.9. The second-order valence-corrected chi connectivity index (χ2v) is 3.69. The number of carbonyl (C=O) groups is 1. The standard InChI is InChI=1S/C11H13N3O2/c1-4-8-5-9-12-6(2)10(11(15)16)14(9)7(3)13-8/h5H,4H2,1-3H3,(H,15,16). The number of imidazole rings is 1. The summed E-state index contributed by atoms with van der Waals surface area (Å²) in [5.41, 5.74) is 2.29. The highest BCUT2D eigenvalue weighted by molar-refractivity contribution is 5.88. The predicted molar refractivity (Wildman–Crippen MR) is 58.8 cm³/mol. The van der Waals surface area contributed by atoms with Gasteiger partial charge in [0, 0.05) is 11.8 Å². The van der Waals surface area contributed by atoms with Gasteiger partial charge >= 0.3 is 5.97 Å². The lowest BCUT2D eigenvalue weighted by Gasteiger charge is -2.04. The second-order valence-electron chi connectivity index (χ2n) is 3.69. The molecule has 16 heavy (non-hydrogen) atoms. The van der Waals surface area contributed by atoms with Crippen molar-refractivity contribution < 1.29 is 9.90 Å². The fourth-order valence-electron chi connectivity index (χ4n) is 1.85. The lowest BCUT2D eigenvalue weighted by atomic mass is 10.3. The Bertz CT molecular complexity index is 572. The van der Waals surface area contributed by atoms with Crippen LogP contribution in [0.2, 0.25) is 0 Å². The van der Waals surface area contributed by atoms with Crippen LogP contribution < -0.4 is 0 Å². The summed E-state index contributed by atoms with van der Waals surface area (Å²) in [6, 6.07) is 1.83. The second kappa shape index (κ2) is 3.59. The van der Waals surface area contributed by atoms with Crippen molar-refractivity contribution in [2.45, 2.75) is 27.2 Å². The van der Waals surface area contributed by atoms with Crippen LogP contribution in [0, 0.1) is 13.8 Å². The van der Waals surface area contributed by atoms with Gasteiger partial charge in [-0.1, -0.05) is 6.92 Å². The smallest absolute Gasteiger partial charge is 0.354 e. The van der Waals surface area contributed by atoms with E-state index in [-0.39, 0.29) is 5.69 Å². The molecule has 0 amide bonds. The van der Waals surface area contributed by atoms with Crippen LogP contribution in [0.25, 0.3) is 5.65 Å². The molecule has 0 saturated heterocycles. The minimum absolute atomic E-state index is 0.197. The van der Waals surface area contributed by atoms with Crippen LogP contribution in [-0.4, -0.2) is 25.4 Å². The van der Waals surface area contributed by atoms with Crippen LogP contribution in [0.1, 0.15) is 34.6 Å². The van der Waals surface area contributed by atoms with E-state index in [4.69, 9.17) is 5.11 Å². The Kier molecular flexibility index (Phi) is 2.38. The van der Waals surface area contributed by atoms with E-state index in [0.717, 1.165) is 12.1 Å². The molecule has 0 unspecified atom stereocenters. The number of rotatable bonds is 2. The number of aryl methyl sites for hydroxylation is 3. The van der Waals surface area contributed by atoms with Crippen molar-refractivity contribution >= 4 is 11.6 Å². The quantitative estimate of drug-likeness (QED) is 0.833. The molecule has 0 aliphatic heterocycles. The Morgan fingerprint density at radius 3 is 2.69 bits per heavy atom. The molecule has 2 aromatic heterocycles. The lowest BCUT2D eigenvalue weighted by molar-refractivity contribution is 0.0688. The van der Waals surface area contributed by atoms with E-state index in [0.29, 0.717) is 17.2 Å². The summed E-state index contributed by atoms with van der Waals surface area (Å²) in [7, 11) is 0. The molecule has 2 heterocycles. The van der Waals surface area contributed by atoms with Crippen molar-refractivity contribution in [3.63, 3.8) is 0 Å². The molecular weight excluding hydrogens is 206 g/mol. The van der Waals surface area contributed by atoms with Gasteiger partial charge in [0.15, 0.2) is 5.69 Å². The van der Waals surface area contributed by atoms with Gasteiger partial charge < -0.3 is 5.11 Å². The Balaban J connectivity index is 2.85. The first-order valence-electron chi connectivity index (χ1n) is 5.13. The first-order chi connectivity index (χ1) is 7.54. The first kappa shape index (κ1) is 10.6. The molecule has 5 heteroatoms. The van der Waals surface area contributed by atoms with E-state index in [1.807, 2.05) is 13.0 Å². The molecule has 0 aliphatic carbocycles. The van der Waals surface area contributed by atoms with E-state index >= 15 is 0 Å². The van der Waals surface area contributed by atoms with Crippen LogP contribution in [0.5, 0.6) is 0 Å². The maximum Gasteiger partial charge on any atom is 0.354 e. The predicted octanol–water partition coefficient (Wildman–Crippen LogP) is 1.61. The molecule has 0 fully saturated rings. The summed E-state index contributed by atoms with van der Waals surface area (Å²) in [6.07, 6.45) is 0.811. The number of aromatic carboxylic acids is 1. The number of aromatic nitrogens is 3. The number of hydrogen-bond donors (Lipinski definition) is 1. The Hall–Kier alpha value is -1.91. The highest BCUT2D eigenvalue weighted by Crippen LogP contribution is 2.15. The van der Waals surface area contributed by atoms with E-state index in [1.54, 1.807) is 18.2 Å². The highest BCUT2D eigenvalue weighted by Gasteiger charge is 2.17. The third kappa shape index (κ3) is 1.44. The maximum absolute atomic E-state index is 11.1. The molecule has 5 nitrogen and oxygen atoms in total. The molecule has 0 aliphatic rings. The number of fused-ring (bicyclic) bond motifs is 1. The highest BCUT2D eigenvalue weighted by atomic mass is 16.4. The largest absolute Gasteiger partial charge is 0.477 e. The molecule has 0 saturated carbocycles. The average Bonchev–Trinajstić information content (AvgIpc) is 2.54. The van der Waals surface area contributed by atoms with Crippen molar-refractivity contribution in [3.8, 4) is 0 Å². The summed E-state index contributed by atoms with van der Waals surface area (Å²) in [5.74, 6) is -0.313. The minimum atomic E-state index is -0.973. The van der Waals surface area contributed by atoms with Gasteiger partial charge in [0.25, 0.3) is 0 Å². The minimum Gasteiger partial charge on any atom is -0.477 e. The van der Waals surface area contributed by atoms with Crippen molar-refractivity contribution in [1.29, 1.82) is 0 Å². The summed E-state index contributed by atoms with van der Waals surface area (Å²) in [4.78, 5) is 19.7. The molecule has 2 aromatic rings. The topological polar surface area (TPSA) is 67.5 Å². The van der Waals surface area contributed by atoms with Gasteiger partial charge in [-0.2, -0.15) is 0 Å². The van der Waals surface area contributed by atoms with Gasteiger partial charge in [0.2, 0.25) is 0 Å². The van der Waals surface area contributed by atoms with Gasteiger partial charge in [-0.3, -0.25) is 4.40 Å². The average molecular weight is 219 g/mol. The Labute approximate surface area is 92.8 Å². The van der Waals surface area contributed by atoms with Crippen molar-refractivity contribution in [2.75, 3.05) is 0 Å². The number of carboxylic acid groups (broad SMARTS) is 1. The van der Waals surface area contributed by atoms with Crippen LogP contribution in [0.3, 0.4) is 0 Å². The van der Waals surface area contributed by atoms with Gasteiger partial charge in [-0.25, -0.2) is 14.8 Å². The van der Waals surface area contributed by atoms with E-state index < -0.39 is 5.97 Å². The Morgan fingerprint density at radius 2 is 2.12 bits per heavy atom. The van der Waals surface area contributed by atoms with Crippen molar-refractivity contribution in [3.05, 3.63) is 29.0 Å². The van der Waals surface area contributed by atoms with Crippen molar-refractivity contribution in [1.82, 2.24) is 14.4 Å². The van der Waals surface area contributed by atoms with Crippen LogP contribution >= 0.6 is 0 Å². The third-order valence-corrected chi connectivity index (χ3v) is 2.57. The molecule has 1 N–H and O–H groups in total. The summed E-state index contributed by atoms with van der Waals surface area (Å²) in [6.45, 7) is 5.49. The zero-order valence-corrected chi connectivity index (χ0v) is 9.48. The van der Waals surface area contributed by atoms with Gasteiger partial charge in [-0.05, 0) is 20.3 Å². The summed E-state index contributed by atoms with van der Waals surface area (Å²) in [5, 5.41) is 9.11.